The first-order valence-electron chi connectivity index (χ1n) is 7.19. The highest BCUT2D eigenvalue weighted by molar-refractivity contribution is 5.81. The Morgan fingerprint density at radius 2 is 1.83 bits per heavy atom. The zero-order chi connectivity index (χ0) is 13.8. The lowest BCUT2D eigenvalue weighted by Crippen LogP contribution is -2.33. The van der Waals surface area contributed by atoms with Gasteiger partial charge in [0, 0.05) is 12.3 Å². The summed E-state index contributed by atoms with van der Waals surface area (Å²) in [6.45, 7) is 6.17. The van der Waals surface area contributed by atoms with E-state index < -0.39 is 5.97 Å². The second-order valence-electron chi connectivity index (χ2n) is 5.92. The van der Waals surface area contributed by atoms with Crippen molar-refractivity contribution in [2.75, 3.05) is 0 Å². The van der Waals surface area contributed by atoms with Crippen molar-refractivity contribution in [3.05, 3.63) is 0 Å². The summed E-state index contributed by atoms with van der Waals surface area (Å²) >= 11 is 0. The fourth-order valence-electron chi connectivity index (χ4n) is 2.90. The predicted molar refractivity (Wildman–Crippen MR) is 71.4 cm³/mol. The maximum absolute atomic E-state index is 12.1. The van der Waals surface area contributed by atoms with Gasteiger partial charge in [-0.25, -0.2) is 0 Å². The zero-order valence-electron chi connectivity index (χ0n) is 11.9. The lowest BCUT2D eigenvalue weighted by Gasteiger charge is -2.38. The number of ketones is 1. The number of Topliss-reactive ketones (excluding diaryl/α,β-unsaturated/α-hetero) is 1. The van der Waals surface area contributed by atoms with Crippen LogP contribution in [-0.2, 0) is 9.59 Å². The third-order valence-electron chi connectivity index (χ3n) is 4.86. The van der Waals surface area contributed by atoms with Crippen molar-refractivity contribution in [3.63, 3.8) is 0 Å². The summed E-state index contributed by atoms with van der Waals surface area (Å²) in [6, 6.07) is 0. The molecule has 0 heterocycles. The van der Waals surface area contributed by atoms with E-state index in [1.54, 1.807) is 0 Å². The summed E-state index contributed by atoms with van der Waals surface area (Å²) in [5, 5.41) is 9.02. The number of carboxylic acids is 1. The molecule has 0 aliphatic heterocycles. The molecule has 1 aliphatic rings. The predicted octanol–water partition coefficient (Wildman–Crippen LogP) is 3.66. The zero-order valence-corrected chi connectivity index (χ0v) is 11.9. The van der Waals surface area contributed by atoms with E-state index in [1.165, 1.54) is 0 Å². The fourth-order valence-corrected chi connectivity index (χ4v) is 2.90. The Morgan fingerprint density at radius 3 is 2.22 bits per heavy atom. The van der Waals surface area contributed by atoms with Gasteiger partial charge in [0.2, 0.25) is 0 Å². The Bertz CT molecular complexity index is 301. The van der Waals surface area contributed by atoms with Crippen molar-refractivity contribution < 1.29 is 14.7 Å². The number of hydrogen-bond donors (Lipinski definition) is 1. The third-order valence-corrected chi connectivity index (χ3v) is 4.86. The van der Waals surface area contributed by atoms with Crippen LogP contribution in [0.25, 0.3) is 0 Å². The molecule has 1 unspecified atom stereocenters. The quantitative estimate of drug-likeness (QED) is 0.787. The number of hydrogen-bond acceptors (Lipinski definition) is 2. The first kappa shape index (κ1) is 15.2. The molecule has 3 nitrogen and oxygen atoms in total. The molecule has 0 radical (unpaired) electrons. The first-order chi connectivity index (χ1) is 8.44. The summed E-state index contributed by atoms with van der Waals surface area (Å²) in [7, 11) is 0. The van der Waals surface area contributed by atoms with E-state index in [2.05, 4.69) is 6.92 Å². The van der Waals surface area contributed by atoms with Crippen LogP contribution in [0.5, 0.6) is 0 Å². The highest BCUT2D eigenvalue weighted by Gasteiger charge is 2.38. The first-order valence-corrected chi connectivity index (χ1v) is 7.19. The molecule has 3 heteroatoms. The minimum Gasteiger partial charge on any atom is -0.481 e. The van der Waals surface area contributed by atoms with Gasteiger partial charge < -0.3 is 5.11 Å². The second-order valence-corrected chi connectivity index (χ2v) is 5.92. The Labute approximate surface area is 110 Å². The highest BCUT2D eigenvalue weighted by Crippen LogP contribution is 2.44. The molecule has 1 atom stereocenters. The fraction of sp³-hybridized carbons (Fsp3) is 0.867. The van der Waals surface area contributed by atoms with Crippen LogP contribution >= 0.6 is 0 Å². The Kier molecular flexibility index (Phi) is 5.36. The smallest absolute Gasteiger partial charge is 0.306 e. The minimum absolute atomic E-state index is 0.0759. The van der Waals surface area contributed by atoms with Crippen LogP contribution < -0.4 is 0 Å². The van der Waals surface area contributed by atoms with Gasteiger partial charge in [0.05, 0.1) is 5.92 Å². The van der Waals surface area contributed by atoms with Crippen LogP contribution in [0.4, 0.5) is 0 Å². The van der Waals surface area contributed by atoms with Crippen molar-refractivity contribution in [3.8, 4) is 0 Å². The largest absolute Gasteiger partial charge is 0.481 e. The topological polar surface area (TPSA) is 54.4 Å². The van der Waals surface area contributed by atoms with Gasteiger partial charge in [-0.15, -0.1) is 0 Å². The molecule has 0 aromatic rings. The van der Waals surface area contributed by atoms with Crippen molar-refractivity contribution in [1.29, 1.82) is 0 Å². The molecule has 0 bridgehead atoms. The summed E-state index contributed by atoms with van der Waals surface area (Å²) in [5.41, 5.74) is 0.0759. The Morgan fingerprint density at radius 1 is 1.28 bits per heavy atom. The molecule has 0 spiro atoms. The summed E-state index contributed by atoms with van der Waals surface area (Å²) in [5.74, 6) is -0.366. The normalized spacial score (nSPS) is 29.8. The van der Waals surface area contributed by atoms with Crippen molar-refractivity contribution in [1.82, 2.24) is 0 Å². The molecule has 1 rings (SSSR count). The number of aliphatic carboxylic acids is 1. The average molecular weight is 254 g/mol. The second kappa shape index (κ2) is 6.35. The van der Waals surface area contributed by atoms with Crippen LogP contribution in [0.2, 0.25) is 0 Å². The van der Waals surface area contributed by atoms with E-state index >= 15 is 0 Å². The molecule has 1 fully saturated rings. The monoisotopic (exact) mass is 254 g/mol. The van der Waals surface area contributed by atoms with E-state index in [0.29, 0.717) is 12.2 Å². The molecule has 104 valence electrons. The van der Waals surface area contributed by atoms with Gasteiger partial charge in [-0.1, -0.05) is 27.2 Å². The number of carbonyl (C=O) groups is 2. The van der Waals surface area contributed by atoms with E-state index in [4.69, 9.17) is 5.11 Å². The molecule has 18 heavy (non-hydrogen) atoms. The maximum Gasteiger partial charge on any atom is 0.306 e. The Hall–Kier alpha value is -0.860. The standard InChI is InChI=1S/C15H26O3/c1-4-11(3)13(16)10-15(5-2)8-6-12(7-9-15)14(17)18/h11-12H,4-10H2,1-3H3,(H,17,18). The lowest BCUT2D eigenvalue weighted by molar-refractivity contribution is -0.143. The van der Waals surface area contributed by atoms with E-state index in [9.17, 15) is 9.59 Å². The van der Waals surface area contributed by atoms with Gasteiger partial charge in [0.25, 0.3) is 0 Å². The van der Waals surface area contributed by atoms with Gasteiger partial charge in [-0.3, -0.25) is 9.59 Å². The van der Waals surface area contributed by atoms with Crippen LogP contribution in [0.3, 0.4) is 0 Å². The van der Waals surface area contributed by atoms with Gasteiger partial charge in [-0.2, -0.15) is 0 Å². The molecular weight excluding hydrogens is 228 g/mol. The van der Waals surface area contributed by atoms with Crippen LogP contribution in [-0.4, -0.2) is 16.9 Å². The average Bonchev–Trinajstić information content (AvgIpc) is 2.38. The summed E-state index contributed by atoms with van der Waals surface area (Å²) in [4.78, 5) is 23.1. The van der Waals surface area contributed by atoms with Gasteiger partial charge >= 0.3 is 5.97 Å². The third kappa shape index (κ3) is 3.56. The van der Waals surface area contributed by atoms with E-state index in [-0.39, 0.29) is 17.3 Å². The molecule has 1 N–H and O–H groups in total. The number of carbonyl (C=O) groups excluding carboxylic acids is 1. The van der Waals surface area contributed by atoms with Crippen molar-refractivity contribution >= 4 is 11.8 Å². The molecule has 0 aromatic heterocycles. The van der Waals surface area contributed by atoms with Gasteiger partial charge in [0.1, 0.15) is 5.78 Å². The summed E-state index contributed by atoms with van der Waals surface area (Å²) in [6.07, 6.45) is 5.78. The highest BCUT2D eigenvalue weighted by atomic mass is 16.4. The summed E-state index contributed by atoms with van der Waals surface area (Å²) < 4.78 is 0. The number of carboxylic acid groups (broad SMARTS) is 1. The van der Waals surface area contributed by atoms with Gasteiger partial charge in [0.15, 0.2) is 0 Å². The maximum atomic E-state index is 12.1. The van der Waals surface area contributed by atoms with Crippen LogP contribution in [0.15, 0.2) is 0 Å². The minimum atomic E-state index is -0.673. The molecule has 1 saturated carbocycles. The molecule has 0 saturated heterocycles. The van der Waals surface area contributed by atoms with Crippen molar-refractivity contribution in [2.24, 2.45) is 17.3 Å². The molecule has 1 aliphatic carbocycles. The molecule has 0 amide bonds. The lowest BCUT2D eigenvalue weighted by atomic mass is 9.65. The van der Waals surface area contributed by atoms with Crippen LogP contribution in [0, 0.1) is 17.3 Å². The van der Waals surface area contributed by atoms with Crippen molar-refractivity contribution in [2.45, 2.75) is 65.7 Å². The van der Waals surface area contributed by atoms with Gasteiger partial charge in [-0.05, 0) is 37.5 Å². The van der Waals surface area contributed by atoms with E-state index in [1.807, 2.05) is 13.8 Å². The number of rotatable bonds is 6. The SMILES string of the molecule is CCC(C)C(=O)CC1(CC)CCC(C(=O)O)CC1. The molecular formula is C15H26O3. The van der Waals surface area contributed by atoms with E-state index in [0.717, 1.165) is 38.5 Å². The van der Waals surface area contributed by atoms with Crippen LogP contribution in [0.1, 0.15) is 65.7 Å². The Balaban J connectivity index is 2.61. The molecule has 0 aromatic carbocycles.